The minimum atomic E-state index is 0.721. The fraction of sp³-hybridized carbons (Fsp3) is 0.0137. The van der Waals surface area contributed by atoms with Gasteiger partial charge in [-0.05, 0) is 182 Å². The van der Waals surface area contributed by atoms with Crippen LogP contribution in [-0.4, -0.2) is 0 Å². The molecular formula is C73H50N2. The summed E-state index contributed by atoms with van der Waals surface area (Å²) in [6.07, 6.45) is 0. The summed E-state index contributed by atoms with van der Waals surface area (Å²) < 4.78 is 0. The lowest BCUT2D eigenvalue weighted by Gasteiger charge is -2.26. The minimum absolute atomic E-state index is 0.721. The molecule has 0 saturated heterocycles. The number of benzene rings is 14. The van der Waals surface area contributed by atoms with Crippen molar-refractivity contribution in [3.05, 3.63) is 297 Å². The molecule has 0 saturated carbocycles. The Morgan fingerprint density at radius 3 is 0.987 bits per heavy atom. The van der Waals surface area contributed by atoms with Gasteiger partial charge >= 0.3 is 0 Å². The molecule has 0 radical (unpaired) electrons. The normalized spacial score (nSPS) is 11.5. The molecular weight excluding hydrogens is 905 g/mol. The predicted octanol–water partition coefficient (Wildman–Crippen LogP) is 20.4. The maximum absolute atomic E-state index is 2.42. The number of nitrogens with zero attached hydrogens (tertiary/aromatic N) is 2. The van der Waals surface area contributed by atoms with E-state index in [4.69, 9.17) is 0 Å². The molecule has 0 heterocycles. The summed E-state index contributed by atoms with van der Waals surface area (Å²) in [5.74, 6) is 0. The Hall–Kier alpha value is -9.76. The molecule has 0 atom stereocenters. The van der Waals surface area contributed by atoms with Gasteiger partial charge in [0.05, 0.1) is 0 Å². The van der Waals surface area contributed by atoms with E-state index in [9.17, 15) is 0 Å². The summed E-state index contributed by atoms with van der Waals surface area (Å²) in [7, 11) is 0. The number of rotatable bonds is 10. The lowest BCUT2D eigenvalue weighted by molar-refractivity contribution is 0.976. The monoisotopic (exact) mass is 954 g/mol. The predicted molar refractivity (Wildman–Crippen MR) is 321 cm³/mol. The van der Waals surface area contributed by atoms with Gasteiger partial charge in [0.15, 0.2) is 0 Å². The van der Waals surface area contributed by atoms with Crippen molar-refractivity contribution < 1.29 is 0 Å². The minimum Gasteiger partial charge on any atom is -0.337 e. The van der Waals surface area contributed by atoms with E-state index in [0.717, 1.165) is 40.5 Å². The van der Waals surface area contributed by atoms with Crippen molar-refractivity contribution in [3.8, 4) is 33.4 Å². The molecule has 0 aromatic heterocycles. The van der Waals surface area contributed by atoms with Gasteiger partial charge in [-0.15, -0.1) is 0 Å². The quantitative estimate of drug-likeness (QED) is 0.126. The van der Waals surface area contributed by atoms with E-state index in [1.165, 1.54) is 98.0 Å². The largest absolute Gasteiger partial charge is 0.337 e. The molecule has 352 valence electrons. The lowest BCUT2D eigenvalue weighted by Crippen LogP contribution is -2.16. The Kier molecular flexibility index (Phi) is 11.0. The third kappa shape index (κ3) is 8.01. The number of anilines is 5. The molecule has 0 aliphatic carbocycles. The second kappa shape index (κ2) is 18.7. The van der Waals surface area contributed by atoms with Crippen LogP contribution in [0.25, 0.3) is 98.0 Å². The Morgan fingerprint density at radius 1 is 0.187 bits per heavy atom. The van der Waals surface area contributed by atoms with Crippen molar-refractivity contribution in [2.24, 2.45) is 0 Å². The summed E-state index contributed by atoms with van der Waals surface area (Å²) in [4.78, 5) is 4.77. The van der Waals surface area contributed by atoms with Gasteiger partial charge in [-0.25, -0.2) is 0 Å². The first kappa shape index (κ1) is 44.0. The van der Waals surface area contributed by atoms with E-state index in [1.54, 1.807) is 0 Å². The maximum Gasteiger partial charge on any atom is 0.0481 e. The van der Waals surface area contributed by atoms with Crippen LogP contribution in [0.1, 0.15) is 5.56 Å². The molecule has 2 nitrogen and oxygen atoms in total. The molecule has 0 bridgehead atoms. The number of fused-ring (bicyclic) bond motifs is 12. The Balaban J connectivity index is 0.759. The summed E-state index contributed by atoms with van der Waals surface area (Å²) in [5, 5.41) is 15.4. The van der Waals surface area contributed by atoms with Crippen molar-refractivity contribution in [3.63, 3.8) is 0 Å². The van der Waals surface area contributed by atoms with Gasteiger partial charge in [0, 0.05) is 35.0 Å². The zero-order valence-electron chi connectivity index (χ0n) is 41.3. The molecule has 0 amide bonds. The van der Waals surface area contributed by atoms with Crippen LogP contribution >= 0.6 is 0 Å². The van der Waals surface area contributed by atoms with E-state index >= 15 is 0 Å². The Bertz CT molecular complexity index is 4360. The second-order valence-corrected chi connectivity index (χ2v) is 19.6. The van der Waals surface area contributed by atoms with Crippen molar-refractivity contribution in [2.45, 2.75) is 6.54 Å². The first-order chi connectivity index (χ1) is 37.2. The van der Waals surface area contributed by atoms with Crippen LogP contribution in [0.5, 0.6) is 0 Å². The number of hydrogen-bond donors (Lipinski definition) is 0. The SMILES string of the molecule is c1ccc(N(Cc2cccc(-c3ccc4c5ccccc5c5ccccc5c4c3)c2)c2ccc(-c3ccc(N(c4ccccc4)c4cccc(-c5ccc6c7ccccc7c7ccccc7c6c5)c4)cc3)cc2)cc1. The molecule has 0 fully saturated rings. The summed E-state index contributed by atoms with van der Waals surface area (Å²) in [6.45, 7) is 0.721. The van der Waals surface area contributed by atoms with Gasteiger partial charge in [-0.3, -0.25) is 0 Å². The average molecular weight is 955 g/mol. The molecule has 0 aliphatic heterocycles. The van der Waals surface area contributed by atoms with Crippen LogP contribution in [0.4, 0.5) is 28.4 Å². The number of para-hydroxylation sites is 2. The van der Waals surface area contributed by atoms with Crippen molar-refractivity contribution >= 4 is 93.1 Å². The van der Waals surface area contributed by atoms with E-state index in [0.29, 0.717) is 0 Å². The third-order valence-electron chi connectivity index (χ3n) is 15.2. The number of hydrogen-bond acceptors (Lipinski definition) is 2. The summed E-state index contributed by atoms with van der Waals surface area (Å²) >= 11 is 0. The van der Waals surface area contributed by atoms with Gasteiger partial charge in [0.25, 0.3) is 0 Å². The van der Waals surface area contributed by atoms with Gasteiger partial charge in [0.1, 0.15) is 0 Å². The molecule has 0 spiro atoms. The van der Waals surface area contributed by atoms with Crippen LogP contribution in [-0.2, 0) is 6.54 Å². The molecule has 14 aromatic rings. The highest BCUT2D eigenvalue weighted by atomic mass is 15.1. The molecule has 0 aliphatic rings. The molecule has 0 N–H and O–H groups in total. The zero-order valence-corrected chi connectivity index (χ0v) is 41.3. The van der Waals surface area contributed by atoms with Crippen LogP contribution in [0.2, 0.25) is 0 Å². The zero-order chi connectivity index (χ0) is 49.7. The van der Waals surface area contributed by atoms with Gasteiger partial charge < -0.3 is 9.80 Å². The van der Waals surface area contributed by atoms with Crippen LogP contribution in [0.15, 0.2) is 291 Å². The van der Waals surface area contributed by atoms with Gasteiger partial charge in [-0.1, -0.05) is 212 Å². The highest BCUT2D eigenvalue weighted by Gasteiger charge is 2.17. The second-order valence-electron chi connectivity index (χ2n) is 19.6. The summed E-state index contributed by atoms with van der Waals surface area (Å²) in [6, 6.07) is 107. The molecule has 2 heteroatoms. The van der Waals surface area contributed by atoms with Crippen LogP contribution in [0.3, 0.4) is 0 Å². The third-order valence-corrected chi connectivity index (χ3v) is 15.2. The Labute approximate surface area is 437 Å². The Morgan fingerprint density at radius 2 is 0.507 bits per heavy atom. The highest BCUT2D eigenvalue weighted by molar-refractivity contribution is 6.27. The smallest absolute Gasteiger partial charge is 0.0481 e. The highest BCUT2D eigenvalue weighted by Crippen LogP contribution is 2.42. The first-order valence-corrected chi connectivity index (χ1v) is 25.9. The maximum atomic E-state index is 2.42. The van der Waals surface area contributed by atoms with Crippen LogP contribution in [0, 0.1) is 0 Å². The van der Waals surface area contributed by atoms with Crippen molar-refractivity contribution in [2.75, 3.05) is 9.80 Å². The topological polar surface area (TPSA) is 6.48 Å². The van der Waals surface area contributed by atoms with Crippen molar-refractivity contribution in [1.29, 1.82) is 0 Å². The fourth-order valence-electron chi connectivity index (χ4n) is 11.6. The molecule has 0 unspecified atom stereocenters. The van der Waals surface area contributed by atoms with Crippen LogP contribution < -0.4 is 9.80 Å². The lowest BCUT2D eigenvalue weighted by atomic mass is 9.92. The molecule has 14 aromatic carbocycles. The first-order valence-electron chi connectivity index (χ1n) is 25.9. The van der Waals surface area contributed by atoms with Gasteiger partial charge in [0.2, 0.25) is 0 Å². The molecule has 14 rings (SSSR count). The average Bonchev–Trinajstić information content (AvgIpc) is 3.50. The van der Waals surface area contributed by atoms with E-state index < -0.39 is 0 Å². The van der Waals surface area contributed by atoms with E-state index in [1.807, 2.05) is 0 Å². The molecule has 75 heavy (non-hydrogen) atoms. The fourth-order valence-corrected chi connectivity index (χ4v) is 11.6. The van der Waals surface area contributed by atoms with Crippen molar-refractivity contribution in [1.82, 2.24) is 0 Å². The van der Waals surface area contributed by atoms with Gasteiger partial charge in [-0.2, -0.15) is 0 Å². The van der Waals surface area contributed by atoms with E-state index in [-0.39, 0.29) is 0 Å². The summed E-state index contributed by atoms with van der Waals surface area (Å²) in [5.41, 5.74) is 14.0. The standard InChI is InChI=1S/C73H50N2/c1-3-20-57(21-4-1)74(49-50-17-15-18-53(45-50)55-37-43-70-66-29-9-7-25-62(66)64-27-11-13-31-68(64)72(70)47-55)58-39-33-51(34-40-58)52-35-41-60(42-36-52)75(59-22-5-2-6-23-59)61-24-16-19-54(46-61)56-38-44-71-67-30-10-8-26-63(67)65-28-12-14-32-69(65)73(71)48-56/h1-48H,49H2. The van der Waals surface area contributed by atoms with E-state index in [2.05, 4.69) is 301 Å².